The summed E-state index contributed by atoms with van der Waals surface area (Å²) in [5, 5.41) is 6.14. The summed E-state index contributed by atoms with van der Waals surface area (Å²) in [4.78, 5) is 57.4. The van der Waals surface area contributed by atoms with Crippen molar-refractivity contribution in [1.29, 1.82) is 0 Å². The number of benzene rings is 2. The van der Waals surface area contributed by atoms with Crippen LogP contribution < -0.4 is 21.2 Å². The summed E-state index contributed by atoms with van der Waals surface area (Å²) >= 11 is 6.35. The van der Waals surface area contributed by atoms with E-state index in [2.05, 4.69) is 15.6 Å². The number of hydrogen-bond acceptors (Lipinski definition) is 5. The Balaban J connectivity index is 1.17. The van der Waals surface area contributed by atoms with E-state index < -0.39 is 11.1 Å². The van der Waals surface area contributed by atoms with Gasteiger partial charge in [0.25, 0.3) is 0 Å². The van der Waals surface area contributed by atoms with Crippen LogP contribution in [-0.2, 0) is 45.7 Å². The second-order valence-electron chi connectivity index (χ2n) is 9.99. The van der Waals surface area contributed by atoms with Gasteiger partial charge in [0, 0.05) is 24.5 Å². The SMILES string of the molecule is CN1C(=O)Cn2c(=O)n(CC(=O)Nc3ccc4c(c3)CC3(C4)C(=O)Nc4ncccc43)c3ccc(Cl)c1c32. The normalized spacial score (nSPS) is 19.2. The van der Waals surface area contributed by atoms with Gasteiger partial charge in [0.15, 0.2) is 0 Å². The summed E-state index contributed by atoms with van der Waals surface area (Å²) in [7, 11) is 1.61. The predicted octanol–water partition coefficient (Wildman–Crippen LogP) is 2.46. The van der Waals surface area contributed by atoms with Crippen molar-refractivity contribution in [2.45, 2.75) is 31.3 Å². The number of halogens is 1. The summed E-state index contributed by atoms with van der Waals surface area (Å²) in [6.07, 6.45) is 2.73. The first-order chi connectivity index (χ1) is 18.3. The van der Waals surface area contributed by atoms with Gasteiger partial charge in [0.05, 0.1) is 27.2 Å². The molecule has 2 aromatic carbocycles. The lowest BCUT2D eigenvalue weighted by atomic mass is 9.79. The molecule has 2 N–H and O–H groups in total. The Morgan fingerprint density at radius 2 is 1.95 bits per heavy atom. The molecule has 0 fully saturated rings. The molecule has 3 amide bonds. The molecule has 1 aliphatic carbocycles. The van der Waals surface area contributed by atoms with Crippen LogP contribution in [0.4, 0.5) is 17.2 Å². The molecule has 0 saturated heterocycles. The van der Waals surface area contributed by atoms with Crippen LogP contribution in [0.5, 0.6) is 0 Å². The molecule has 7 rings (SSSR count). The van der Waals surface area contributed by atoms with Crippen molar-refractivity contribution in [3.05, 3.63) is 80.9 Å². The van der Waals surface area contributed by atoms with Crippen molar-refractivity contribution in [2.75, 3.05) is 22.6 Å². The number of carbonyl (C=O) groups excluding carboxylic acids is 3. The molecule has 0 saturated carbocycles. The van der Waals surface area contributed by atoms with E-state index in [1.54, 1.807) is 31.4 Å². The van der Waals surface area contributed by atoms with Crippen molar-refractivity contribution in [3.8, 4) is 0 Å². The van der Waals surface area contributed by atoms with Crippen LogP contribution in [0, 0.1) is 0 Å². The van der Waals surface area contributed by atoms with Crippen molar-refractivity contribution < 1.29 is 14.4 Å². The number of carbonyl (C=O) groups is 3. The lowest BCUT2D eigenvalue weighted by Gasteiger charge is -2.24. The Kier molecular flexibility index (Phi) is 4.66. The zero-order chi connectivity index (χ0) is 26.3. The van der Waals surface area contributed by atoms with Crippen molar-refractivity contribution in [2.24, 2.45) is 0 Å². The van der Waals surface area contributed by atoms with Gasteiger partial charge >= 0.3 is 5.69 Å². The molecule has 1 unspecified atom stereocenters. The first-order valence-electron chi connectivity index (χ1n) is 12.1. The Morgan fingerprint density at radius 3 is 2.79 bits per heavy atom. The Morgan fingerprint density at radius 1 is 1.13 bits per heavy atom. The van der Waals surface area contributed by atoms with Crippen molar-refractivity contribution >= 4 is 57.5 Å². The van der Waals surface area contributed by atoms with E-state index in [9.17, 15) is 19.2 Å². The maximum atomic E-state index is 13.2. The van der Waals surface area contributed by atoms with E-state index in [0.29, 0.717) is 46.1 Å². The maximum absolute atomic E-state index is 13.2. The fraction of sp³-hybridized carbons (Fsp3) is 0.222. The van der Waals surface area contributed by atoms with Gasteiger partial charge in [-0.25, -0.2) is 9.78 Å². The Labute approximate surface area is 220 Å². The number of rotatable bonds is 3. The van der Waals surface area contributed by atoms with Crippen LogP contribution in [0.3, 0.4) is 0 Å². The van der Waals surface area contributed by atoms with Crippen molar-refractivity contribution in [3.63, 3.8) is 0 Å². The molecule has 11 heteroatoms. The highest BCUT2D eigenvalue weighted by molar-refractivity contribution is 6.35. The average Bonchev–Trinajstić information content (AvgIpc) is 3.49. The summed E-state index contributed by atoms with van der Waals surface area (Å²) in [6.45, 7) is -0.351. The molecule has 4 aromatic rings. The summed E-state index contributed by atoms with van der Waals surface area (Å²) in [6, 6.07) is 12.7. The number of hydrogen-bond donors (Lipinski definition) is 2. The number of likely N-dealkylation sites (N-methyl/N-ethyl adjacent to an activating group) is 1. The molecular weight excluding hydrogens is 508 g/mol. The van der Waals surface area contributed by atoms with Crippen molar-refractivity contribution in [1.82, 2.24) is 14.1 Å². The minimum atomic E-state index is -0.695. The monoisotopic (exact) mass is 528 g/mol. The summed E-state index contributed by atoms with van der Waals surface area (Å²) in [5.41, 5.74) is 3.87. The zero-order valence-electron chi connectivity index (χ0n) is 20.2. The third-order valence-corrected chi connectivity index (χ3v) is 8.18. The van der Waals surface area contributed by atoms with Crippen LogP contribution in [0.2, 0.25) is 5.02 Å². The maximum Gasteiger partial charge on any atom is 0.330 e. The zero-order valence-corrected chi connectivity index (χ0v) is 21.0. The van der Waals surface area contributed by atoms with Crippen LogP contribution in [-0.4, -0.2) is 38.9 Å². The number of aromatic nitrogens is 3. The number of imidazole rings is 1. The van der Waals surface area contributed by atoms with Crippen LogP contribution >= 0.6 is 11.6 Å². The summed E-state index contributed by atoms with van der Waals surface area (Å²) < 4.78 is 2.71. The van der Waals surface area contributed by atoms with Crippen LogP contribution in [0.25, 0.3) is 11.0 Å². The molecule has 1 atom stereocenters. The van der Waals surface area contributed by atoms with E-state index in [4.69, 9.17) is 11.6 Å². The molecule has 10 nitrogen and oxygen atoms in total. The van der Waals surface area contributed by atoms with Crippen LogP contribution in [0.1, 0.15) is 16.7 Å². The first kappa shape index (κ1) is 22.7. The minimum Gasteiger partial charge on any atom is -0.325 e. The molecule has 0 radical (unpaired) electrons. The van der Waals surface area contributed by atoms with Gasteiger partial charge in [-0.2, -0.15) is 0 Å². The second-order valence-corrected chi connectivity index (χ2v) is 10.4. The van der Waals surface area contributed by atoms with E-state index >= 15 is 0 Å². The van der Waals surface area contributed by atoms with E-state index in [1.807, 2.05) is 24.3 Å². The fourth-order valence-corrected chi connectivity index (χ4v) is 6.33. The average molecular weight is 529 g/mol. The van der Waals surface area contributed by atoms with Gasteiger partial charge in [-0.1, -0.05) is 23.7 Å². The van der Waals surface area contributed by atoms with Gasteiger partial charge in [0.2, 0.25) is 17.7 Å². The Hall–Kier alpha value is -4.44. The number of nitrogens with one attached hydrogen (secondary N) is 2. The number of anilines is 3. The highest BCUT2D eigenvalue weighted by Crippen LogP contribution is 2.47. The third kappa shape index (κ3) is 3.03. The van der Waals surface area contributed by atoms with Gasteiger partial charge in [-0.3, -0.25) is 23.5 Å². The standard InChI is InChI=1S/C27H21ClN6O4/c1-32-21(36)13-34-23-19(7-6-18(28)22(23)32)33(26(34)38)12-20(35)30-16-5-4-14-10-27(11-15(14)9-16)17-3-2-8-29-24(17)31-25(27)37/h2-9H,10-13H2,1H3,(H,30,35)(H,29,31,37). The minimum absolute atomic E-state index is 0.0651. The smallest absolute Gasteiger partial charge is 0.325 e. The number of pyridine rings is 1. The molecule has 2 aliphatic heterocycles. The molecule has 38 heavy (non-hydrogen) atoms. The molecule has 1 spiro atoms. The summed E-state index contributed by atoms with van der Waals surface area (Å²) in [5.74, 6) is -0.113. The molecular formula is C27H21ClN6O4. The molecule has 4 heterocycles. The molecule has 3 aliphatic rings. The number of nitrogens with zero attached hydrogens (tertiary/aromatic N) is 4. The van der Waals surface area contributed by atoms with Crippen LogP contribution in [0.15, 0.2) is 53.5 Å². The Bertz CT molecular complexity index is 1810. The quantitative estimate of drug-likeness (QED) is 0.423. The topological polar surface area (TPSA) is 118 Å². The number of fused-ring (bicyclic) bond motifs is 3. The molecule has 0 bridgehead atoms. The second kappa shape index (κ2) is 7.78. The molecule has 2 aromatic heterocycles. The van der Waals surface area contributed by atoms with E-state index in [1.165, 1.54) is 14.0 Å². The highest BCUT2D eigenvalue weighted by Gasteiger charge is 2.51. The predicted molar refractivity (Wildman–Crippen MR) is 142 cm³/mol. The third-order valence-electron chi connectivity index (χ3n) is 7.87. The van der Waals surface area contributed by atoms with Gasteiger partial charge in [-0.15, -0.1) is 0 Å². The number of amides is 3. The lowest BCUT2D eigenvalue weighted by molar-refractivity contribution is -0.121. The fourth-order valence-electron chi connectivity index (χ4n) is 6.05. The van der Waals surface area contributed by atoms with E-state index in [-0.39, 0.29) is 30.8 Å². The van der Waals surface area contributed by atoms with E-state index in [0.717, 1.165) is 16.7 Å². The van der Waals surface area contributed by atoms with Gasteiger partial charge < -0.3 is 15.5 Å². The first-order valence-corrected chi connectivity index (χ1v) is 12.5. The largest absolute Gasteiger partial charge is 0.330 e. The van der Waals surface area contributed by atoms with Gasteiger partial charge in [-0.05, 0) is 54.3 Å². The van der Waals surface area contributed by atoms with Gasteiger partial charge in [0.1, 0.15) is 18.9 Å². The highest BCUT2D eigenvalue weighted by atomic mass is 35.5. The molecule has 190 valence electrons. The lowest BCUT2D eigenvalue weighted by Crippen LogP contribution is -2.38.